The summed E-state index contributed by atoms with van der Waals surface area (Å²) in [5.74, 6) is -1.84. The number of nitrogens with zero attached hydrogens (tertiary/aromatic N) is 3. The molecule has 0 spiro atoms. The quantitative estimate of drug-likeness (QED) is 0.154. The van der Waals surface area contributed by atoms with Crippen molar-refractivity contribution >= 4 is 29.5 Å². The third kappa shape index (κ3) is 5.08. The maximum absolute atomic E-state index is 12.3. The van der Waals surface area contributed by atoms with Crippen LogP contribution in [0.5, 0.6) is 0 Å². The van der Waals surface area contributed by atoms with Gasteiger partial charge in [0.2, 0.25) is 0 Å². The summed E-state index contributed by atoms with van der Waals surface area (Å²) >= 11 is 0. The SMILES string of the molecule is C#C[C@@]1(O)[C@@H](COC(Cc2ccc(N3CCCNC3=O)cc2)(C(=O)O)C(=O)O)O[C@@H](n2ccc(N)nc2=O)[C@@H]1O. The lowest BCUT2D eigenvalue weighted by Gasteiger charge is -2.30. The van der Waals surface area contributed by atoms with Gasteiger partial charge in [-0.05, 0) is 30.2 Å². The first-order valence-electron chi connectivity index (χ1n) is 12.1. The van der Waals surface area contributed by atoms with Gasteiger partial charge in [0.1, 0.15) is 18.0 Å². The van der Waals surface area contributed by atoms with E-state index in [1.165, 1.54) is 23.1 Å². The molecule has 15 nitrogen and oxygen atoms in total. The highest BCUT2D eigenvalue weighted by Gasteiger charge is 2.57. The molecule has 0 unspecified atom stereocenters. The van der Waals surface area contributed by atoms with Gasteiger partial charge in [0, 0.05) is 31.4 Å². The molecule has 0 saturated carbocycles. The summed E-state index contributed by atoms with van der Waals surface area (Å²) < 4.78 is 11.8. The number of aromatic nitrogens is 2. The molecule has 1 aromatic heterocycles. The summed E-state index contributed by atoms with van der Waals surface area (Å²) in [4.78, 5) is 53.9. The number of carbonyl (C=O) groups excluding carboxylic acids is 1. The summed E-state index contributed by atoms with van der Waals surface area (Å²) in [5, 5.41) is 44.2. The first-order valence-corrected chi connectivity index (χ1v) is 12.1. The third-order valence-electron chi connectivity index (χ3n) is 6.83. The summed E-state index contributed by atoms with van der Waals surface area (Å²) in [5.41, 5.74) is -0.0218. The molecule has 2 amide bonds. The summed E-state index contributed by atoms with van der Waals surface area (Å²) in [6.45, 7) is 0.138. The Morgan fingerprint density at radius 3 is 2.50 bits per heavy atom. The van der Waals surface area contributed by atoms with E-state index < -0.39 is 60.3 Å². The van der Waals surface area contributed by atoms with Crippen molar-refractivity contribution in [3.63, 3.8) is 0 Å². The summed E-state index contributed by atoms with van der Waals surface area (Å²) in [6.07, 6.45) is 1.53. The number of nitrogen functional groups attached to an aromatic ring is 1. The van der Waals surface area contributed by atoms with Gasteiger partial charge in [0.05, 0.1) is 6.61 Å². The van der Waals surface area contributed by atoms with E-state index in [0.29, 0.717) is 18.8 Å². The zero-order chi connectivity index (χ0) is 29.2. The number of aliphatic hydroxyl groups is 2. The summed E-state index contributed by atoms with van der Waals surface area (Å²) in [6, 6.07) is 6.97. The fourth-order valence-corrected chi connectivity index (χ4v) is 4.53. The number of nitrogens with two attached hydrogens (primary N) is 1. The van der Waals surface area contributed by atoms with Crippen LogP contribution in [0.1, 0.15) is 18.2 Å². The molecule has 2 aromatic rings. The second kappa shape index (κ2) is 10.9. The monoisotopic (exact) mass is 557 g/mol. The second-order valence-electron chi connectivity index (χ2n) is 9.30. The number of rotatable bonds is 9. The number of hydrogen-bond donors (Lipinski definition) is 6. The fraction of sp³-hybridized carbons (Fsp3) is 0.400. The first-order chi connectivity index (χ1) is 18.9. The number of aliphatic hydroxyl groups excluding tert-OH is 1. The van der Waals surface area contributed by atoms with Crippen LogP contribution in [0.4, 0.5) is 16.3 Å². The maximum atomic E-state index is 12.3. The molecule has 3 heterocycles. The van der Waals surface area contributed by atoms with Crippen molar-refractivity contribution in [2.45, 2.75) is 42.5 Å². The lowest BCUT2D eigenvalue weighted by Crippen LogP contribution is -2.55. The molecule has 0 aliphatic carbocycles. The van der Waals surface area contributed by atoms with Gasteiger partial charge in [-0.3, -0.25) is 9.47 Å². The standard InChI is InChI=1S/C25H27N5O10/c1-2-24(38)16(40-19(18(24)31)30-11-8-17(26)28-23(30)37)13-39-25(20(32)33,21(34)35)12-14-4-6-15(7-5-14)29-10-3-9-27-22(29)36/h1,4-8,11,16,18-19,31,38H,3,9-10,12-13H2,(H,27,36)(H,32,33)(H,34,35)(H2,26,28,37)/t16-,18+,19-,24-/m1/s1. The van der Waals surface area contributed by atoms with Crippen LogP contribution < -0.4 is 21.6 Å². The van der Waals surface area contributed by atoms with Crippen LogP contribution in [0.2, 0.25) is 0 Å². The van der Waals surface area contributed by atoms with Crippen molar-refractivity contribution in [3.05, 3.63) is 52.6 Å². The zero-order valence-corrected chi connectivity index (χ0v) is 21.0. The van der Waals surface area contributed by atoms with Crippen LogP contribution in [0.3, 0.4) is 0 Å². The highest BCUT2D eigenvalue weighted by atomic mass is 16.6. The number of benzene rings is 1. The molecule has 40 heavy (non-hydrogen) atoms. The molecular weight excluding hydrogens is 530 g/mol. The number of carbonyl (C=O) groups is 3. The molecule has 4 atom stereocenters. The molecule has 0 bridgehead atoms. The Bertz CT molecular complexity index is 1390. The molecule has 2 saturated heterocycles. The number of hydrogen-bond acceptors (Lipinski definition) is 10. The number of carboxylic acid groups (broad SMARTS) is 2. The van der Waals surface area contributed by atoms with Crippen LogP contribution in [0.15, 0.2) is 41.3 Å². The van der Waals surface area contributed by atoms with E-state index in [1.807, 2.05) is 5.92 Å². The van der Waals surface area contributed by atoms with Gasteiger partial charge in [-0.1, -0.05) is 18.1 Å². The number of urea groups is 1. The fourth-order valence-electron chi connectivity index (χ4n) is 4.53. The molecule has 4 rings (SSSR count). The van der Waals surface area contributed by atoms with Crippen molar-refractivity contribution in [1.29, 1.82) is 0 Å². The smallest absolute Gasteiger partial charge is 0.351 e. The Morgan fingerprint density at radius 2 is 1.93 bits per heavy atom. The highest BCUT2D eigenvalue weighted by molar-refractivity contribution is 6.02. The molecule has 2 fully saturated rings. The molecule has 2 aliphatic rings. The lowest BCUT2D eigenvalue weighted by molar-refractivity contribution is -0.191. The minimum atomic E-state index is -2.86. The van der Waals surface area contributed by atoms with E-state index in [0.717, 1.165) is 17.2 Å². The van der Waals surface area contributed by atoms with Crippen molar-refractivity contribution in [2.75, 3.05) is 30.3 Å². The van der Waals surface area contributed by atoms with Gasteiger partial charge in [-0.15, -0.1) is 6.42 Å². The predicted octanol–water partition coefficient (Wildman–Crippen LogP) is -1.46. The second-order valence-corrected chi connectivity index (χ2v) is 9.30. The minimum absolute atomic E-state index is 0.110. The predicted molar refractivity (Wildman–Crippen MR) is 136 cm³/mol. The normalized spacial score (nSPS) is 24.8. The number of carboxylic acids is 2. The number of terminal acetylenes is 1. The van der Waals surface area contributed by atoms with Gasteiger partial charge in [0.15, 0.2) is 11.8 Å². The highest BCUT2D eigenvalue weighted by Crippen LogP contribution is 2.37. The van der Waals surface area contributed by atoms with Crippen molar-refractivity contribution < 1.29 is 44.3 Å². The van der Waals surface area contributed by atoms with Crippen LogP contribution in [-0.2, 0) is 25.5 Å². The molecule has 7 N–H and O–H groups in total. The number of anilines is 2. The van der Waals surface area contributed by atoms with E-state index in [4.69, 9.17) is 21.6 Å². The average molecular weight is 558 g/mol. The largest absolute Gasteiger partial charge is 0.479 e. The van der Waals surface area contributed by atoms with Crippen molar-refractivity contribution in [2.24, 2.45) is 0 Å². The van der Waals surface area contributed by atoms with E-state index in [9.17, 15) is 39.6 Å². The average Bonchev–Trinajstić information content (AvgIpc) is 3.17. The van der Waals surface area contributed by atoms with Gasteiger partial charge in [-0.2, -0.15) is 4.98 Å². The molecule has 2 aliphatic heterocycles. The topological polar surface area (TPSA) is 227 Å². The number of nitrogens with one attached hydrogen (secondary N) is 1. The molecule has 0 radical (unpaired) electrons. The minimum Gasteiger partial charge on any atom is -0.479 e. The molecule has 15 heteroatoms. The Balaban J connectivity index is 1.57. The Morgan fingerprint density at radius 1 is 1.25 bits per heavy atom. The van der Waals surface area contributed by atoms with Crippen LogP contribution in [-0.4, -0.2) is 91.1 Å². The third-order valence-corrected chi connectivity index (χ3v) is 6.83. The van der Waals surface area contributed by atoms with Gasteiger partial charge in [-0.25, -0.2) is 19.2 Å². The van der Waals surface area contributed by atoms with Crippen LogP contribution in [0, 0.1) is 12.3 Å². The number of amides is 2. The van der Waals surface area contributed by atoms with Crippen molar-refractivity contribution in [1.82, 2.24) is 14.9 Å². The number of aliphatic carboxylic acids is 2. The zero-order valence-electron chi connectivity index (χ0n) is 21.0. The van der Waals surface area contributed by atoms with E-state index in [2.05, 4.69) is 10.3 Å². The van der Waals surface area contributed by atoms with E-state index in [1.54, 1.807) is 12.1 Å². The van der Waals surface area contributed by atoms with Gasteiger partial charge in [0.25, 0.3) is 5.60 Å². The van der Waals surface area contributed by atoms with E-state index in [-0.39, 0.29) is 17.4 Å². The summed E-state index contributed by atoms with van der Waals surface area (Å²) in [7, 11) is 0. The molecule has 212 valence electrons. The lowest BCUT2D eigenvalue weighted by atomic mass is 9.91. The maximum Gasteiger partial charge on any atom is 0.351 e. The van der Waals surface area contributed by atoms with E-state index >= 15 is 0 Å². The van der Waals surface area contributed by atoms with Gasteiger partial charge >= 0.3 is 23.7 Å². The van der Waals surface area contributed by atoms with Crippen molar-refractivity contribution in [3.8, 4) is 12.3 Å². The number of ether oxygens (including phenoxy) is 2. The Kier molecular flexibility index (Phi) is 7.80. The van der Waals surface area contributed by atoms with Crippen LogP contribution in [0.25, 0.3) is 0 Å². The molecule has 1 aromatic carbocycles. The Labute approximate surface area is 226 Å². The molecular formula is C25H27N5O10. The van der Waals surface area contributed by atoms with Crippen LogP contribution >= 0.6 is 0 Å². The first kappa shape index (κ1) is 28.5. The Hall–Kier alpha value is -4.49. The van der Waals surface area contributed by atoms with Gasteiger partial charge < -0.3 is 41.0 Å².